The smallest absolute Gasteiger partial charge is 0.180 e. The van der Waals surface area contributed by atoms with E-state index in [0.29, 0.717) is 5.82 Å². The lowest BCUT2D eigenvalue weighted by Gasteiger charge is -2.24. The third kappa shape index (κ3) is 2.49. The topological polar surface area (TPSA) is 62.1 Å². The van der Waals surface area contributed by atoms with Gasteiger partial charge in [-0.25, -0.2) is 9.97 Å². The molecule has 0 aromatic carbocycles. The molecular formula is C15H18N4O. The zero-order valence-corrected chi connectivity index (χ0v) is 11.5. The Morgan fingerprint density at radius 1 is 1.35 bits per heavy atom. The summed E-state index contributed by atoms with van der Waals surface area (Å²) in [4.78, 5) is 15.6. The second kappa shape index (κ2) is 5.54. The van der Waals surface area contributed by atoms with Crippen LogP contribution in [0.1, 0.15) is 18.5 Å². The van der Waals surface area contributed by atoms with Gasteiger partial charge < -0.3 is 10.0 Å². The molecule has 5 heteroatoms. The zero-order chi connectivity index (χ0) is 13.9. The number of aromatic nitrogens is 3. The van der Waals surface area contributed by atoms with E-state index in [1.54, 1.807) is 6.20 Å². The molecule has 3 heterocycles. The molecule has 1 aliphatic heterocycles. The van der Waals surface area contributed by atoms with E-state index < -0.39 is 0 Å². The second-order valence-electron chi connectivity index (χ2n) is 5.08. The van der Waals surface area contributed by atoms with Gasteiger partial charge >= 0.3 is 0 Å². The molecule has 0 bridgehead atoms. The predicted octanol–water partition coefficient (Wildman–Crippen LogP) is 1.81. The molecule has 0 amide bonds. The van der Waals surface area contributed by atoms with Crippen LogP contribution in [-0.4, -0.2) is 39.3 Å². The summed E-state index contributed by atoms with van der Waals surface area (Å²) in [7, 11) is 0. The highest BCUT2D eigenvalue weighted by molar-refractivity contribution is 5.54. The molecule has 2 aromatic rings. The molecule has 3 rings (SSSR count). The van der Waals surface area contributed by atoms with Crippen molar-refractivity contribution < 1.29 is 5.11 Å². The van der Waals surface area contributed by atoms with Gasteiger partial charge in [-0.2, -0.15) is 0 Å². The summed E-state index contributed by atoms with van der Waals surface area (Å²) in [5.74, 6) is 1.53. The third-order valence-electron chi connectivity index (χ3n) is 3.62. The minimum absolute atomic E-state index is 0.167. The normalized spacial score (nSPS) is 18.5. The van der Waals surface area contributed by atoms with E-state index in [9.17, 15) is 5.11 Å². The largest absolute Gasteiger partial charge is 0.394 e. The Hall–Kier alpha value is -2.01. The van der Waals surface area contributed by atoms with Crippen LogP contribution in [0.3, 0.4) is 0 Å². The van der Waals surface area contributed by atoms with Crippen LogP contribution in [0, 0.1) is 6.92 Å². The van der Waals surface area contributed by atoms with Gasteiger partial charge in [-0.05, 0) is 31.9 Å². The number of aliphatic hydroxyl groups is 1. The maximum Gasteiger partial charge on any atom is 0.180 e. The first-order valence-corrected chi connectivity index (χ1v) is 6.92. The fraction of sp³-hybridized carbons (Fsp3) is 0.400. The molecule has 1 aliphatic rings. The Kier molecular flexibility index (Phi) is 3.60. The number of hydrogen-bond donors (Lipinski definition) is 1. The van der Waals surface area contributed by atoms with Crippen LogP contribution in [0.2, 0.25) is 0 Å². The standard InChI is InChI=1S/C15H18N4O/c1-11-9-14(19-8-4-5-12(19)10-20)18-15(17-11)13-6-2-3-7-16-13/h2-3,6-7,9,12,20H,4-5,8,10H2,1H3. The van der Waals surface area contributed by atoms with Crippen molar-refractivity contribution in [1.82, 2.24) is 15.0 Å². The van der Waals surface area contributed by atoms with E-state index in [2.05, 4.69) is 19.9 Å². The lowest BCUT2D eigenvalue weighted by molar-refractivity contribution is 0.266. The quantitative estimate of drug-likeness (QED) is 0.921. The van der Waals surface area contributed by atoms with Crippen molar-refractivity contribution in [3.8, 4) is 11.5 Å². The molecular weight excluding hydrogens is 252 g/mol. The Balaban J connectivity index is 1.99. The molecule has 0 aliphatic carbocycles. The van der Waals surface area contributed by atoms with Crippen LogP contribution in [0.25, 0.3) is 11.5 Å². The maximum absolute atomic E-state index is 9.46. The summed E-state index contributed by atoms with van der Waals surface area (Å²) < 4.78 is 0. The van der Waals surface area contributed by atoms with Gasteiger partial charge in [0.05, 0.1) is 12.6 Å². The zero-order valence-electron chi connectivity index (χ0n) is 11.5. The number of aliphatic hydroxyl groups excluding tert-OH is 1. The lowest BCUT2D eigenvalue weighted by atomic mass is 10.2. The van der Waals surface area contributed by atoms with Crippen molar-refractivity contribution in [2.45, 2.75) is 25.8 Å². The van der Waals surface area contributed by atoms with Crippen LogP contribution in [-0.2, 0) is 0 Å². The molecule has 104 valence electrons. The predicted molar refractivity (Wildman–Crippen MR) is 77.5 cm³/mol. The molecule has 20 heavy (non-hydrogen) atoms. The van der Waals surface area contributed by atoms with Crippen molar-refractivity contribution in [3.63, 3.8) is 0 Å². The first-order chi connectivity index (χ1) is 9.78. The molecule has 2 aromatic heterocycles. The van der Waals surface area contributed by atoms with Gasteiger partial charge in [0, 0.05) is 24.5 Å². The molecule has 0 spiro atoms. The average Bonchev–Trinajstić information content (AvgIpc) is 2.96. The van der Waals surface area contributed by atoms with Crippen LogP contribution in [0.5, 0.6) is 0 Å². The summed E-state index contributed by atoms with van der Waals surface area (Å²) in [5, 5.41) is 9.46. The molecule has 1 atom stereocenters. The van der Waals surface area contributed by atoms with E-state index in [1.165, 1.54) is 0 Å². The van der Waals surface area contributed by atoms with E-state index >= 15 is 0 Å². The molecule has 5 nitrogen and oxygen atoms in total. The van der Waals surface area contributed by atoms with Crippen molar-refractivity contribution in [1.29, 1.82) is 0 Å². The van der Waals surface area contributed by atoms with Gasteiger partial charge in [-0.3, -0.25) is 4.98 Å². The SMILES string of the molecule is Cc1cc(N2CCCC2CO)nc(-c2ccccn2)n1. The van der Waals surface area contributed by atoms with E-state index in [1.807, 2.05) is 31.2 Å². The molecule has 0 radical (unpaired) electrons. The Morgan fingerprint density at radius 2 is 2.25 bits per heavy atom. The van der Waals surface area contributed by atoms with Crippen molar-refractivity contribution in [2.24, 2.45) is 0 Å². The van der Waals surface area contributed by atoms with E-state index in [0.717, 1.165) is 36.6 Å². The van der Waals surface area contributed by atoms with Gasteiger partial charge in [0.1, 0.15) is 11.5 Å². The van der Waals surface area contributed by atoms with Gasteiger partial charge in [0.15, 0.2) is 5.82 Å². The summed E-state index contributed by atoms with van der Waals surface area (Å²) in [5.41, 5.74) is 1.69. The number of hydrogen-bond acceptors (Lipinski definition) is 5. The minimum Gasteiger partial charge on any atom is -0.394 e. The highest BCUT2D eigenvalue weighted by atomic mass is 16.3. The number of nitrogens with zero attached hydrogens (tertiary/aromatic N) is 4. The second-order valence-corrected chi connectivity index (χ2v) is 5.08. The Bertz CT molecular complexity index is 588. The lowest BCUT2D eigenvalue weighted by Crippen LogP contribution is -2.32. The highest BCUT2D eigenvalue weighted by Gasteiger charge is 2.25. The number of anilines is 1. The monoisotopic (exact) mass is 270 g/mol. The van der Waals surface area contributed by atoms with Gasteiger partial charge in [-0.15, -0.1) is 0 Å². The minimum atomic E-state index is 0.167. The fourth-order valence-corrected chi connectivity index (χ4v) is 2.64. The highest BCUT2D eigenvalue weighted by Crippen LogP contribution is 2.25. The number of pyridine rings is 1. The summed E-state index contributed by atoms with van der Waals surface area (Å²) in [6.07, 6.45) is 3.85. The Labute approximate surface area is 118 Å². The third-order valence-corrected chi connectivity index (χ3v) is 3.62. The van der Waals surface area contributed by atoms with Crippen LogP contribution < -0.4 is 4.90 Å². The Morgan fingerprint density at radius 3 is 3.00 bits per heavy atom. The van der Waals surface area contributed by atoms with Crippen molar-refractivity contribution >= 4 is 5.82 Å². The van der Waals surface area contributed by atoms with Gasteiger partial charge in [-0.1, -0.05) is 6.07 Å². The van der Waals surface area contributed by atoms with Gasteiger partial charge in [0.2, 0.25) is 0 Å². The molecule has 0 saturated carbocycles. The van der Waals surface area contributed by atoms with Crippen molar-refractivity contribution in [2.75, 3.05) is 18.1 Å². The summed E-state index contributed by atoms with van der Waals surface area (Å²) in [6.45, 7) is 3.06. The van der Waals surface area contributed by atoms with E-state index in [-0.39, 0.29) is 12.6 Å². The van der Waals surface area contributed by atoms with Gasteiger partial charge in [0.25, 0.3) is 0 Å². The van der Waals surface area contributed by atoms with Crippen molar-refractivity contribution in [3.05, 3.63) is 36.2 Å². The van der Waals surface area contributed by atoms with Crippen LogP contribution in [0.15, 0.2) is 30.5 Å². The first-order valence-electron chi connectivity index (χ1n) is 6.92. The molecule has 1 fully saturated rings. The average molecular weight is 270 g/mol. The fourth-order valence-electron chi connectivity index (χ4n) is 2.64. The van der Waals surface area contributed by atoms with Crippen LogP contribution in [0.4, 0.5) is 5.82 Å². The van der Waals surface area contributed by atoms with Crippen LogP contribution >= 0.6 is 0 Å². The molecule has 1 unspecified atom stereocenters. The number of rotatable bonds is 3. The molecule has 1 N–H and O–H groups in total. The molecule has 1 saturated heterocycles. The summed E-state index contributed by atoms with van der Waals surface area (Å²) >= 11 is 0. The summed E-state index contributed by atoms with van der Waals surface area (Å²) in [6, 6.07) is 7.86. The first kappa shape index (κ1) is 13.0. The van der Waals surface area contributed by atoms with E-state index in [4.69, 9.17) is 0 Å². The maximum atomic E-state index is 9.46. The number of aryl methyl sites for hydroxylation is 1.